The van der Waals surface area contributed by atoms with Gasteiger partial charge in [0, 0.05) is 13.0 Å². The molecule has 3 aromatic rings. The van der Waals surface area contributed by atoms with Gasteiger partial charge in [-0.1, -0.05) is 6.58 Å². The van der Waals surface area contributed by atoms with Crippen LogP contribution in [0.25, 0.3) is 0 Å². The Kier molecular flexibility index (Phi) is 11.2. The lowest BCUT2D eigenvalue weighted by atomic mass is 10.2. The molecule has 11 nitrogen and oxygen atoms in total. The first kappa shape index (κ1) is 30.1. The van der Waals surface area contributed by atoms with Gasteiger partial charge in [0.15, 0.2) is 0 Å². The van der Waals surface area contributed by atoms with Crippen molar-refractivity contribution >= 4 is 30.0 Å². The van der Waals surface area contributed by atoms with E-state index in [4.69, 9.17) is 28.4 Å². The van der Waals surface area contributed by atoms with Crippen LogP contribution in [0, 0.1) is 0 Å². The Labute approximate surface area is 235 Å². The van der Waals surface area contributed by atoms with Crippen molar-refractivity contribution in [3.63, 3.8) is 0 Å². The predicted octanol–water partition coefficient (Wildman–Crippen LogP) is 5.08. The molecule has 41 heavy (non-hydrogen) atoms. The SMILES string of the molecule is C=CC(=O)OCCCCOC(=O)Oc1ccc(C(=O)Oc2ccc(C(=O)Oc3ccc(OC(C)=O)cc3)cc2)cc1. The van der Waals surface area contributed by atoms with Crippen LogP contribution in [0.3, 0.4) is 0 Å². The Morgan fingerprint density at radius 2 is 0.976 bits per heavy atom. The van der Waals surface area contributed by atoms with Gasteiger partial charge in [0.2, 0.25) is 0 Å². The molecule has 0 aromatic heterocycles. The fraction of sp³-hybridized carbons (Fsp3) is 0.167. The fourth-order valence-corrected chi connectivity index (χ4v) is 3.11. The summed E-state index contributed by atoms with van der Waals surface area (Å²) in [5.41, 5.74) is 0.416. The topological polar surface area (TPSA) is 141 Å². The molecule has 0 atom stereocenters. The van der Waals surface area contributed by atoms with Crippen molar-refractivity contribution in [1.29, 1.82) is 0 Å². The molecule has 0 heterocycles. The molecule has 0 amide bonds. The number of carbonyl (C=O) groups excluding carboxylic acids is 5. The summed E-state index contributed by atoms with van der Waals surface area (Å²) in [7, 11) is 0. The number of rotatable bonds is 12. The number of unbranched alkanes of at least 4 members (excludes halogenated alkanes) is 1. The molecule has 0 N–H and O–H groups in total. The third-order valence-electron chi connectivity index (χ3n) is 5.06. The highest BCUT2D eigenvalue weighted by atomic mass is 16.7. The lowest BCUT2D eigenvalue weighted by Gasteiger charge is -2.08. The van der Waals surface area contributed by atoms with Crippen molar-refractivity contribution in [3.05, 3.63) is 96.6 Å². The summed E-state index contributed by atoms with van der Waals surface area (Å²) in [6.07, 6.45) is 1.13. The smallest absolute Gasteiger partial charge is 0.463 e. The Hall–Kier alpha value is -5.45. The van der Waals surface area contributed by atoms with Gasteiger partial charge in [-0.3, -0.25) is 4.79 Å². The molecular formula is C30H26O11. The van der Waals surface area contributed by atoms with Crippen LogP contribution in [0.5, 0.6) is 23.0 Å². The van der Waals surface area contributed by atoms with E-state index >= 15 is 0 Å². The second kappa shape index (κ2) is 15.2. The Morgan fingerprint density at radius 3 is 1.41 bits per heavy atom. The Morgan fingerprint density at radius 1 is 0.585 bits per heavy atom. The van der Waals surface area contributed by atoms with Gasteiger partial charge in [-0.2, -0.15) is 0 Å². The standard InChI is InChI=1S/C30H26O11/c1-3-27(32)36-18-4-5-19-37-30(35)41-26-12-8-22(9-13-26)28(33)39-24-10-6-21(7-11-24)29(34)40-25-16-14-23(15-17-25)38-20(2)31/h3,6-17H,1,4-5,18-19H2,2H3. The molecule has 3 aromatic carbocycles. The first-order valence-electron chi connectivity index (χ1n) is 12.3. The summed E-state index contributed by atoms with van der Waals surface area (Å²) < 4.78 is 30.4. The van der Waals surface area contributed by atoms with E-state index in [1.165, 1.54) is 79.7 Å². The molecule has 0 saturated carbocycles. The monoisotopic (exact) mass is 562 g/mol. The molecule has 0 aliphatic rings. The third kappa shape index (κ3) is 10.3. The van der Waals surface area contributed by atoms with Crippen LogP contribution in [0.2, 0.25) is 0 Å². The van der Waals surface area contributed by atoms with Gasteiger partial charge >= 0.3 is 30.0 Å². The minimum Gasteiger partial charge on any atom is -0.463 e. The van der Waals surface area contributed by atoms with E-state index in [2.05, 4.69) is 6.58 Å². The molecule has 11 heteroatoms. The van der Waals surface area contributed by atoms with Crippen LogP contribution < -0.4 is 18.9 Å². The highest BCUT2D eigenvalue weighted by Gasteiger charge is 2.13. The summed E-state index contributed by atoms with van der Waals surface area (Å²) in [6.45, 7) is 4.84. The largest absolute Gasteiger partial charge is 0.513 e. The quantitative estimate of drug-likeness (QED) is 0.0960. The Balaban J connectivity index is 1.42. The number of ether oxygens (including phenoxy) is 6. The zero-order chi connectivity index (χ0) is 29.6. The second-order valence-electron chi connectivity index (χ2n) is 8.17. The zero-order valence-electron chi connectivity index (χ0n) is 22.0. The van der Waals surface area contributed by atoms with E-state index in [1.54, 1.807) is 0 Å². The minimum absolute atomic E-state index is 0.0795. The predicted molar refractivity (Wildman–Crippen MR) is 143 cm³/mol. The summed E-state index contributed by atoms with van der Waals surface area (Å²) >= 11 is 0. The van der Waals surface area contributed by atoms with Crippen LogP contribution in [-0.2, 0) is 19.1 Å². The number of esters is 4. The van der Waals surface area contributed by atoms with Gasteiger partial charge in [0.05, 0.1) is 24.3 Å². The highest BCUT2D eigenvalue weighted by molar-refractivity contribution is 5.92. The average molecular weight is 563 g/mol. The van der Waals surface area contributed by atoms with Crippen LogP contribution in [-0.4, -0.2) is 43.2 Å². The molecule has 0 unspecified atom stereocenters. The molecule has 212 valence electrons. The Bertz CT molecular complexity index is 1380. The molecular weight excluding hydrogens is 536 g/mol. The van der Waals surface area contributed by atoms with Crippen molar-refractivity contribution in [2.24, 2.45) is 0 Å². The summed E-state index contributed by atoms with van der Waals surface area (Å²) in [5, 5.41) is 0. The molecule has 0 saturated heterocycles. The average Bonchev–Trinajstić information content (AvgIpc) is 2.96. The summed E-state index contributed by atoms with van der Waals surface area (Å²) in [6, 6.07) is 17.4. The van der Waals surface area contributed by atoms with Crippen molar-refractivity contribution in [2.75, 3.05) is 13.2 Å². The third-order valence-corrected chi connectivity index (χ3v) is 5.06. The maximum Gasteiger partial charge on any atom is 0.513 e. The van der Waals surface area contributed by atoms with E-state index in [-0.39, 0.29) is 41.6 Å². The van der Waals surface area contributed by atoms with E-state index < -0.39 is 30.0 Å². The summed E-state index contributed by atoms with van der Waals surface area (Å²) in [5.74, 6) is -1.35. The number of carbonyl (C=O) groups is 5. The molecule has 0 radical (unpaired) electrons. The maximum atomic E-state index is 12.5. The number of hydrogen-bond donors (Lipinski definition) is 0. The normalized spacial score (nSPS) is 10.1. The fourth-order valence-electron chi connectivity index (χ4n) is 3.11. The van der Waals surface area contributed by atoms with E-state index in [1.807, 2.05) is 0 Å². The van der Waals surface area contributed by atoms with Gasteiger partial charge < -0.3 is 28.4 Å². The summed E-state index contributed by atoms with van der Waals surface area (Å²) in [4.78, 5) is 58.6. The van der Waals surface area contributed by atoms with E-state index in [0.29, 0.717) is 18.6 Å². The molecule has 0 aliphatic heterocycles. The van der Waals surface area contributed by atoms with E-state index in [9.17, 15) is 24.0 Å². The number of benzene rings is 3. The lowest BCUT2D eigenvalue weighted by Crippen LogP contribution is -2.13. The van der Waals surface area contributed by atoms with Crippen molar-refractivity contribution < 1.29 is 52.4 Å². The van der Waals surface area contributed by atoms with Crippen LogP contribution in [0.4, 0.5) is 4.79 Å². The first-order chi connectivity index (χ1) is 19.7. The minimum atomic E-state index is -0.916. The molecule has 0 aliphatic carbocycles. The number of hydrogen-bond acceptors (Lipinski definition) is 11. The first-order valence-corrected chi connectivity index (χ1v) is 12.3. The van der Waals surface area contributed by atoms with Gasteiger partial charge in [0.1, 0.15) is 23.0 Å². The van der Waals surface area contributed by atoms with Crippen molar-refractivity contribution in [3.8, 4) is 23.0 Å². The van der Waals surface area contributed by atoms with Crippen molar-refractivity contribution in [1.82, 2.24) is 0 Å². The molecule has 3 rings (SSSR count). The zero-order valence-corrected chi connectivity index (χ0v) is 22.0. The molecule has 0 fully saturated rings. The van der Waals surface area contributed by atoms with Crippen LogP contribution >= 0.6 is 0 Å². The molecule has 0 spiro atoms. The van der Waals surface area contributed by atoms with Crippen LogP contribution in [0.15, 0.2) is 85.5 Å². The van der Waals surface area contributed by atoms with Gasteiger partial charge in [-0.15, -0.1) is 0 Å². The highest BCUT2D eigenvalue weighted by Crippen LogP contribution is 2.21. The maximum absolute atomic E-state index is 12.5. The lowest BCUT2D eigenvalue weighted by molar-refractivity contribution is -0.138. The second-order valence-corrected chi connectivity index (χ2v) is 8.17. The van der Waals surface area contributed by atoms with Crippen LogP contribution in [0.1, 0.15) is 40.5 Å². The van der Waals surface area contributed by atoms with Crippen molar-refractivity contribution in [2.45, 2.75) is 19.8 Å². The van der Waals surface area contributed by atoms with Gasteiger partial charge in [0.25, 0.3) is 0 Å². The van der Waals surface area contributed by atoms with Gasteiger partial charge in [-0.05, 0) is 85.6 Å². The van der Waals surface area contributed by atoms with Gasteiger partial charge in [-0.25, -0.2) is 19.2 Å². The van der Waals surface area contributed by atoms with E-state index in [0.717, 1.165) is 6.08 Å². The molecule has 0 bridgehead atoms.